The first-order valence-electron chi connectivity index (χ1n) is 8.38. The Morgan fingerprint density at radius 1 is 1.24 bits per heavy atom. The maximum absolute atomic E-state index is 13.3. The molecule has 0 radical (unpaired) electrons. The molecule has 1 aromatic carbocycles. The van der Waals surface area contributed by atoms with Crippen molar-refractivity contribution in [2.24, 2.45) is 0 Å². The maximum Gasteiger partial charge on any atom is 0.416 e. The van der Waals surface area contributed by atoms with Gasteiger partial charge in [-0.25, -0.2) is 0 Å². The van der Waals surface area contributed by atoms with E-state index in [-0.39, 0.29) is 18.0 Å². The van der Waals surface area contributed by atoms with Crippen molar-refractivity contribution < 1.29 is 18.3 Å². The van der Waals surface area contributed by atoms with E-state index >= 15 is 0 Å². The molecule has 0 aliphatic carbocycles. The van der Waals surface area contributed by atoms with Crippen LogP contribution in [0.25, 0.3) is 0 Å². The van der Waals surface area contributed by atoms with Crippen LogP contribution in [-0.2, 0) is 12.7 Å². The number of aliphatic hydroxyl groups excluding tert-OH is 1. The van der Waals surface area contributed by atoms with Gasteiger partial charge >= 0.3 is 6.18 Å². The average Bonchev–Trinajstić information content (AvgIpc) is 3.14. The summed E-state index contributed by atoms with van der Waals surface area (Å²) in [5.41, 5.74) is 0.374. The third kappa shape index (κ3) is 3.88. The number of β-amino-alcohol motifs (C(OH)–C–C–N with tert-alkyl or cyclic N) is 1. The van der Waals surface area contributed by atoms with Gasteiger partial charge in [0, 0.05) is 31.4 Å². The van der Waals surface area contributed by atoms with Crippen LogP contribution in [0.15, 0.2) is 36.5 Å². The van der Waals surface area contributed by atoms with Gasteiger partial charge in [-0.1, -0.05) is 18.2 Å². The van der Waals surface area contributed by atoms with Crippen LogP contribution in [0.5, 0.6) is 0 Å². The lowest BCUT2D eigenvalue weighted by molar-refractivity contribution is -0.138. The summed E-state index contributed by atoms with van der Waals surface area (Å²) >= 11 is 0. The number of likely N-dealkylation sites (tertiary alicyclic amines) is 1. The Bertz CT molecular complexity index is 726. The average molecular weight is 353 g/mol. The molecule has 0 saturated carbocycles. The third-order valence-electron chi connectivity index (χ3n) is 4.56. The number of aromatic nitrogens is 2. The summed E-state index contributed by atoms with van der Waals surface area (Å²) < 4.78 is 41.9. The second-order valence-corrected chi connectivity index (χ2v) is 6.80. The van der Waals surface area contributed by atoms with Gasteiger partial charge in [-0.2, -0.15) is 18.3 Å². The van der Waals surface area contributed by atoms with E-state index in [0.29, 0.717) is 13.1 Å². The number of halogens is 3. The quantitative estimate of drug-likeness (QED) is 0.909. The van der Waals surface area contributed by atoms with Gasteiger partial charge < -0.3 is 5.11 Å². The van der Waals surface area contributed by atoms with Crippen LogP contribution in [0.2, 0.25) is 0 Å². The van der Waals surface area contributed by atoms with Crippen LogP contribution in [0.4, 0.5) is 13.2 Å². The molecule has 1 N–H and O–H groups in total. The predicted octanol–water partition coefficient (Wildman–Crippen LogP) is 3.79. The van der Waals surface area contributed by atoms with Gasteiger partial charge in [0.25, 0.3) is 0 Å². The first kappa shape index (κ1) is 17.9. The summed E-state index contributed by atoms with van der Waals surface area (Å²) in [4.78, 5) is 1.88. The van der Waals surface area contributed by atoms with Gasteiger partial charge in [0.05, 0.1) is 17.4 Å². The van der Waals surface area contributed by atoms with Gasteiger partial charge in [0.15, 0.2) is 0 Å². The van der Waals surface area contributed by atoms with Crippen molar-refractivity contribution in [3.05, 3.63) is 53.3 Å². The number of nitrogens with zero attached hydrogens (tertiary/aromatic N) is 3. The number of rotatable bonds is 4. The number of benzene rings is 1. The fourth-order valence-electron chi connectivity index (χ4n) is 3.38. The second kappa shape index (κ2) is 6.80. The smallest absolute Gasteiger partial charge is 0.392 e. The molecule has 0 bridgehead atoms. The molecule has 1 aromatic heterocycles. The summed E-state index contributed by atoms with van der Waals surface area (Å²) in [6, 6.07) is 7.23. The fourth-order valence-corrected chi connectivity index (χ4v) is 3.38. The van der Waals surface area contributed by atoms with Gasteiger partial charge in [0.2, 0.25) is 0 Å². The molecule has 25 heavy (non-hydrogen) atoms. The SMILES string of the molecule is CC(C)n1ccc(CN2C[C@H](O)C[C@H]2c2ccccc2C(F)(F)F)n1. The molecule has 0 unspecified atom stereocenters. The molecule has 1 fully saturated rings. The van der Waals surface area contributed by atoms with Crippen LogP contribution < -0.4 is 0 Å². The Balaban J connectivity index is 1.87. The highest BCUT2D eigenvalue weighted by molar-refractivity contribution is 5.33. The fraction of sp³-hybridized carbons (Fsp3) is 0.500. The summed E-state index contributed by atoms with van der Waals surface area (Å²) in [5, 5.41) is 14.5. The van der Waals surface area contributed by atoms with E-state index < -0.39 is 23.9 Å². The van der Waals surface area contributed by atoms with Gasteiger partial charge in [-0.15, -0.1) is 0 Å². The first-order valence-corrected chi connectivity index (χ1v) is 8.38. The van der Waals surface area contributed by atoms with Crippen molar-refractivity contribution in [2.75, 3.05) is 6.54 Å². The minimum absolute atomic E-state index is 0.217. The van der Waals surface area contributed by atoms with Gasteiger partial charge in [-0.3, -0.25) is 9.58 Å². The molecule has 1 aliphatic rings. The first-order chi connectivity index (χ1) is 11.8. The van der Waals surface area contributed by atoms with E-state index in [1.807, 2.05) is 35.7 Å². The lowest BCUT2D eigenvalue weighted by Crippen LogP contribution is -2.26. The van der Waals surface area contributed by atoms with E-state index in [1.54, 1.807) is 6.07 Å². The second-order valence-electron chi connectivity index (χ2n) is 6.80. The van der Waals surface area contributed by atoms with E-state index in [4.69, 9.17) is 0 Å². The molecular formula is C18H22F3N3O. The molecule has 2 aromatic rings. The molecule has 1 saturated heterocycles. The zero-order valence-electron chi connectivity index (χ0n) is 14.2. The molecule has 1 aliphatic heterocycles. The number of alkyl halides is 3. The predicted molar refractivity (Wildman–Crippen MR) is 87.8 cm³/mol. The van der Waals surface area contributed by atoms with Crippen molar-refractivity contribution >= 4 is 0 Å². The van der Waals surface area contributed by atoms with Crippen molar-refractivity contribution in [3.8, 4) is 0 Å². The normalized spacial score (nSPS) is 22.0. The molecule has 0 amide bonds. The largest absolute Gasteiger partial charge is 0.416 e. The Kier molecular flexibility index (Phi) is 4.88. The summed E-state index contributed by atoms with van der Waals surface area (Å²) in [5.74, 6) is 0. The molecule has 2 atom stereocenters. The van der Waals surface area contributed by atoms with Crippen LogP contribution in [-0.4, -0.2) is 32.4 Å². The Hall–Kier alpha value is -1.86. The molecule has 136 valence electrons. The van der Waals surface area contributed by atoms with Crippen LogP contribution in [0.3, 0.4) is 0 Å². The van der Waals surface area contributed by atoms with Crippen molar-refractivity contribution in [2.45, 2.75) is 51.2 Å². The molecule has 4 nitrogen and oxygen atoms in total. The molecule has 2 heterocycles. The lowest BCUT2D eigenvalue weighted by atomic mass is 9.97. The van der Waals surface area contributed by atoms with Crippen molar-refractivity contribution in [1.82, 2.24) is 14.7 Å². The zero-order chi connectivity index (χ0) is 18.2. The van der Waals surface area contributed by atoms with Crippen molar-refractivity contribution in [3.63, 3.8) is 0 Å². The summed E-state index contributed by atoms with van der Waals surface area (Å²) in [6.07, 6.45) is -2.89. The number of hydrogen-bond acceptors (Lipinski definition) is 3. The van der Waals surface area contributed by atoms with E-state index in [1.165, 1.54) is 12.1 Å². The highest BCUT2D eigenvalue weighted by Crippen LogP contribution is 2.40. The van der Waals surface area contributed by atoms with Gasteiger partial charge in [-0.05, 0) is 38.0 Å². The monoisotopic (exact) mass is 353 g/mol. The minimum atomic E-state index is -4.41. The number of aliphatic hydroxyl groups is 1. The standard InChI is InChI=1S/C18H22F3N3O/c1-12(2)24-8-7-13(22-24)10-23-11-14(25)9-17(23)15-5-3-4-6-16(15)18(19,20)21/h3-8,12,14,17,25H,9-11H2,1-2H3/t14-,17+/m1/s1. The molecular weight excluding hydrogens is 331 g/mol. The van der Waals surface area contributed by atoms with Crippen LogP contribution in [0, 0.1) is 0 Å². The highest BCUT2D eigenvalue weighted by atomic mass is 19.4. The van der Waals surface area contributed by atoms with Gasteiger partial charge in [0.1, 0.15) is 0 Å². The maximum atomic E-state index is 13.3. The van der Waals surface area contributed by atoms with Crippen LogP contribution >= 0.6 is 0 Å². The van der Waals surface area contributed by atoms with Crippen molar-refractivity contribution in [1.29, 1.82) is 0 Å². The lowest BCUT2D eigenvalue weighted by Gasteiger charge is -2.26. The zero-order valence-corrected chi connectivity index (χ0v) is 14.2. The van der Waals surface area contributed by atoms with E-state index in [9.17, 15) is 18.3 Å². The minimum Gasteiger partial charge on any atom is -0.392 e. The topological polar surface area (TPSA) is 41.3 Å². The Labute approximate surface area is 144 Å². The molecule has 0 spiro atoms. The Morgan fingerprint density at radius 3 is 2.60 bits per heavy atom. The molecule has 7 heteroatoms. The van der Waals surface area contributed by atoms with E-state index in [0.717, 1.165) is 11.8 Å². The molecule has 3 rings (SSSR count). The van der Waals surface area contributed by atoms with E-state index in [2.05, 4.69) is 5.10 Å². The Morgan fingerprint density at radius 2 is 1.96 bits per heavy atom. The highest BCUT2D eigenvalue weighted by Gasteiger charge is 2.39. The summed E-state index contributed by atoms with van der Waals surface area (Å²) in [6.45, 7) is 4.77. The third-order valence-corrected chi connectivity index (χ3v) is 4.56. The number of hydrogen-bond donors (Lipinski definition) is 1. The summed E-state index contributed by atoms with van der Waals surface area (Å²) in [7, 11) is 0. The van der Waals surface area contributed by atoms with Crippen LogP contribution in [0.1, 0.15) is 49.2 Å².